The molecule has 0 unspecified atom stereocenters. The molecule has 1 aliphatic rings. The van der Waals surface area contributed by atoms with Crippen LogP contribution in [0, 0.1) is 6.92 Å². The van der Waals surface area contributed by atoms with Crippen LogP contribution in [-0.2, 0) is 9.53 Å². The van der Waals surface area contributed by atoms with E-state index in [4.69, 9.17) is 13.6 Å². The summed E-state index contributed by atoms with van der Waals surface area (Å²) in [5, 5.41) is 5.05. The third kappa shape index (κ3) is 5.18. The van der Waals surface area contributed by atoms with Crippen LogP contribution in [0.4, 0.5) is 5.00 Å². The molecule has 4 heterocycles. The number of nitrogens with one attached hydrogen (secondary N) is 1. The highest BCUT2D eigenvalue weighted by Gasteiger charge is 2.27. The molecule has 2 amide bonds. The summed E-state index contributed by atoms with van der Waals surface area (Å²) in [6, 6.07) is 6.93. The molecule has 1 fully saturated rings. The first kappa shape index (κ1) is 22.8. The minimum atomic E-state index is -0.511. The summed E-state index contributed by atoms with van der Waals surface area (Å²) in [5.41, 5.74) is 0.880. The number of carbonyl (C=O) groups is 3. The van der Waals surface area contributed by atoms with Crippen molar-refractivity contribution in [3.63, 3.8) is 0 Å². The molecule has 1 N–H and O–H groups in total. The Balaban J connectivity index is 1.39. The summed E-state index contributed by atoms with van der Waals surface area (Å²) in [5.74, 6) is 0.680. The SMILES string of the molecule is CCOC(=O)c1c(-c2ccc(C)o2)csc1NC(=O)CN1CCN(C(=O)c2ccco2)CC1. The van der Waals surface area contributed by atoms with E-state index in [0.29, 0.717) is 53.8 Å². The standard InChI is InChI=1S/C23H25N3O6S/c1-3-30-23(29)20-16(17-7-6-15(2)32-17)14-33-21(20)24-19(27)13-25-8-10-26(11-9-25)22(28)18-5-4-12-31-18/h4-7,12,14H,3,8-11,13H2,1-2H3,(H,24,27). The van der Waals surface area contributed by atoms with Crippen molar-refractivity contribution < 1.29 is 28.0 Å². The van der Waals surface area contributed by atoms with Crippen molar-refractivity contribution in [3.8, 4) is 11.3 Å². The van der Waals surface area contributed by atoms with E-state index in [1.54, 1.807) is 35.4 Å². The lowest BCUT2D eigenvalue weighted by Crippen LogP contribution is -2.50. The number of piperazine rings is 1. The molecule has 174 valence electrons. The highest BCUT2D eigenvalue weighted by molar-refractivity contribution is 7.15. The number of hydrogen-bond donors (Lipinski definition) is 1. The lowest BCUT2D eigenvalue weighted by molar-refractivity contribution is -0.117. The molecule has 10 heteroatoms. The van der Waals surface area contributed by atoms with Gasteiger partial charge in [0.05, 0.1) is 19.4 Å². The Labute approximate surface area is 194 Å². The number of amides is 2. The monoisotopic (exact) mass is 471 g/mol. The van der Waals surface area contributed by atoms with E-state index >= 15 is 0 Å². The van der Waals surface area contributed by atoms with Gasteiger partial charge in [-0.05, 0) is 38.1 Å². The van der Waals surface area contributed by atoms with Crippen molar-refractivity contribution in [2.75, 3.05) is 44.6 Å². The zero-order chi connectivity index (χ0) is 23.4. The number of hydrogen-bond acceptors (Lipinski definition) is 8. The lowest BCUT2D eigenvalue weighted by atomic mass is 10.1. The zero-order valence-corrected chi connectivity index (χ0v) is 19.3. The minimum absolute atomic E-state index is 0.151. The van der Waals surface area contributed by atoms with Crippen molar-refractivity contribution in [2.24, 2.45) is 0 Å². The quantitative estimate of drug-likeness (QED) is 0.526. The predicted octanol–water partition coefficient (Wildman–Crippen LogP) is 3.48. The van der Waals surface area contributed by atoms with E-state index in [9.17, 15) is 14.4 Å². The molecule has 0 spiro atoms. The molecule has 9 nitrogen and oxygen atoms in total. The van der Waals surface area contributed by atoms with Crippen LogP contribution in [0.15, 0.2) is 44.7 Å². The second-order valence-corrected chi connectivity index (χ2v) is 8.46. The van der Waals surface area contributed by atoms with E-state index in [-0.39, 0.29) is 25.0 Å². The van der Waals surface area contributed by atoms with E-state index in [1.807, 2.05) is 17.9 Å². The molecule has 4 rings (SSSR count). The maximum atomic E-state index is 12.7. The summed E-state index contributed by atoms with van der Waals surface area (Å²) in [6.07, 6.45) is 1.47. The van der Waals surface area contributed by atoms with Crippen molar-refractivity contribution in [2.45, 2.75) is 13.8 Å². The van der Waals surface area contributed by atoms with Gasteiger partial charge in [-0.3, -0.25) is 14.5 Å². The van der Waals surface area contributed by atoms with Gasteiger partial charge in [0.15, 0.2) is 5.76 Å². The minimum Gasteiger partial charge on any atom is -0.462 e. The number of rotatable bonds is 7. The Kier molecular flexibility index (Phi) is 6.95. The lowest BCUT2D eigenvalue weighted by Gasteiger charge is -2.33. The van der Waals surface area contributed by atoms with E-state index in [1.165, 1.54) is 17.6 Å². The molecule has 0 radical (unpaired) electrons. The summed E-state index contributed by atoms with van der Waals surface area (Å²) >= 11 is 1.25. The van der Waals surface area contributed by atoms with E-state index in [0.717, 1.165) is 5.76 Å². The number of esters is 1. The smallest absolute Gasteiger partial charge is 0.341 e. The maximum Gasteiger partial charge on any atom is 0.341 e. The fourth-order valence-electron chi connectivity index (χ4n) is 3.65. The molecule has 1 saturated heterocycles. The van der Waals surface area contributed by atoms with Crippen LogP contribution in [0.3, 0.4) is 0 Å². The summed E-state index contributed by atoms with van der Waals surface area (Å²) < 4.78 is 16.1. The number of aryl methyl sites for hydroxylation is 1. The van der Waals surface area contributed by atoms with Crippen LogP contribution in [0.5, 0.6) is 0 Å². The first-order chi connectivity index (χ1) is 16.0. The van der Waals surface area contributed by atoms with Crippen LogP contribution in [0.2, 0.25) is 0 Å². The van der Waals surface area contributed by atoms with E-state index < -0.39 is 5.97 Å². The molecule has 0 aliphatic carbocycles. The average molecular weight is 472 g/mol. The van der Waals surface area contributed by atoms with Crippen molar-refractivity contribution in [3.05, 3.63) is 53.0 Å². The zero-order valence-electron chi connectivity index (χ0n) is 18.5. The molecule has 3 aromatic heterocycles. The Morgan fingerprint density at radius 2 is 1.94 bits per heavy atom. The van der Waals surface area contributed by atoms with Gasteiger partial charge in [-0.2, -0.15) is 0 Å². The van der Waals surface area contributed by atoms with Gasteiger partial charge in [-0.1, -0.05) is 0 Å². The average Bonchev–Trinajstić information content (AvgIpc) is 3.55. The molecule has 0 saturated carbocycles. The van der Waals surface area contributed by atoms with Crippen LogP contribution in [0.1, 0.15) is 33.6 Å². The highest BCUT2D eigenvalue weighted by atomic mass is 32.1. The van der Waals surface area contributed by atoms with Gasteiger partial charge >= 0.3 is 5.97 Å². The first-order valence-corrected chi connectivity index (χ1v) is 11.5. The van der Waals surface area contributed by atoms with Gasteiger partial charge < -0.3 is 23.8 Å². The van der Waals surface area contributed by atoms with Crippen molar-refractivity contribution in [1.82, 2.24) is 9.80 Å². The summed E-state index contributed by atoms with van der Waals surface area (Å²) in [7, 11) is 0. The highest BCUT2D eigenvalue weighted by Crippen LogP contribution is 2.37. The molecule has 1 aliphatic heterocycles. The topological polar surface area (TPSA) is 105 Å². The van der Waals surface area contributed by atoms with Crippen LogP contribution >= 0.6 is 11.3 Å². The van der Waals surface area contributed by atoms with Gasteiger partial charge in [-0.15, -0.1) is 11.3 Å². The van der Waals surface area contributed by atoms with Crippen LogP contribution in [0.25, 0.3) is 11.3 Å². The normalized spacial score (nSPS) is 14.3. The third-order valence-corrected chi connectivity index (χ3v) is 6.18. The molecule has 0 atom stereocenters. The van der Waals surface area contributed by atoms with Gasteiger partial charge in [0.25, 0.3) is 5.91 Å². The number of ether oxygens (including phenoxy) is 1. The van der Waals surface area contributed by atoms with Crippen LogP contribution in [-0.4, -0.2) is 66.9 Å². The van der Waals surface area contributed by atoms with Crippen LogP contribution < -0.4 is 5.32 Å². The Morgan fingerprint density at radius 1 is 1.15 bits per heavy atom. The number of carbonyl (C=O) groups excluding carboxylic acids is 3. The molecular weight excluding hydrogens is 446 g/mol. The largest absolute Gasteiger partial charge is 0.462 e. The van der Waals surface area contributed by atoms with Crippen molar-refractivity contribution >= 4 is 34.1 Å². The van der Waals surface area contributed by atoms with E-state index in [2.05, 4.69) is 5.32 Å². The van der Waals surface area contributed by atoms with Gasteiger partial charge in [0, 0.05) is 37.1 Å². The third-order valence-electron chi connectivity index (χ3n) is 5.29. The second-order valence-electron chi connectivity index (χ2n) is 7.58. The summed E-state index contributed by atoms with van der Waals surface area (Å²) in [6.45, 7) is 6.06. The fraction of sp³-hybridized carbons (Fsp3) is 0.348. The Hall–Kier alpha value is -3.37. The first-order valence-electron chi connectivity index (χ1n) is 10.7. The maximum absolute atomic E-state index is 12.7. The van der Waals surface area contributed by atoms with Gasteiger partial charge in [0.1, 0.15) is 22.1 Å². The van der Waals surface area contributed by atoms with Gasteiger partial charge in [-0.25, -0.2) is 4.79 Å². The fourth-order valence-corrected chi connectivity index (χ4v) is 4.60. The number of anilines is 1. The second kappa shape index (κ2) is 10.1. The number of thiophene rings is 1. The summed E-state index contributed by atoms with van der Waals surface area (Å²) in [4.78, 5) is 41.5. The Bertz CT molecular complexity index is 1130. The molecule has 0 bridgehead atoms. The predicted molar refractivity (Wildman–Crippen MR) is 122 cm³/mol. The molecule has 3 aromatic rings. The van der Waals surface area contributed by atoms with Gasteiger partial charge in [0.2, 0.25) is 5.91 Å². The molecule has 33 heavy (non-hydrogen) atoms. The van der Waals surface area contributed by atoms with Crippen molar-refractivity contribution in [1.29, 1.82) is 0 Å². The molecule has 0 aromatic carbocycles. The molecular formula is C23H25N3O6S. The number of furan rings is 2. The number of nitrogens with zero attached hydrogens (tertiary/aromatic N) is 2. The Morgan fingerprint density at radius 3 is 2.58 bits per heavy atom.